The third-order valence-electron chi connectivity index (χ3n) is 4.56. The first kappa shape index (κ1) is 19.1. The van der Waals surface area contributed by atoms with Crippen LogP contribution >= 0.6 is 22.6 Å². The summed E-state index contributed by atoms with van der Waals surface area (Å²) >= 11 is 2.04. The molecule has 0 aromatic heterocycles. The number of alkyl halides is 3. The van der Waals surface area contributed by atoms with E-state index in [1.165, 1.54) is 26.0 Å². The predicted molar refractivity (Wildman–Crippen MR) is 92.3 cm³/mol. The molecule has 1 aliphatic heterocycles. The van der Waals surface area contributed by atoms with Gasteiger partial charge in [0.2, 0.25) is 0 Å². The third-order valence-corrected chi connectivity index (χ3v) is 5.23. The molecule has 2 atom stereocenters. The molecule has 0 saturated carbocycles. The Morgan fingerprint density at radius 2 is 2.04 bits per heavy atom. The fourth-order valence-corrected chi connectivity index (χ4v) is 3.47. The van der Waals surface area contributed by atoms with E-state index >= 15 is 0 Å². The number of anilines is 1. The van der Waals surface area contributed by atoms with Gasteiger partial charge in [-0.2, -0.15) is 13.2 Å². The molecule has 2 unspecified atom stereocenters. The number of halogens is 4. The monoisotopic (exact) mass is 457 g/mol. The van der Waals surface area contributed by atoms with Crippen LogP contribution in [0.2, 0.25) is 0 Å². The summed E-state index contributed by atoms with van der Waals surface area (Å²) in [5, 5.41) is 0. The Labute approximate surface area is 152 Å². The number of ether oxygens (including phenoxy) is 2. The molecule has 0 spiro atoms. The van der Waals surface area contributed by atoms with Crippen molar-refractivity contribution in [3.05, 3.63) is 21.8 Å². The fraction of sp³-hybridized carbons (Fsp3) is 0.562. The van der Waals surface area contributed by atoms with Gasteiger partial charge in [0.25, 0.3) is 0 Å². The molecular formula is C16H19F3INO3. The Balaban J connectivity index is 2.53. The van der Waals surface area contributed by atoms with Crippen LogP contribution < -0.4 is 9.64 Å². The lowest BCUT2D eigenvalue weighted by molar-refractivity contribution is -0.190. The van der Waals surface area contributed by atoms with E-state index in [1.54, 1.807) is 18.2 Å². The van der Waals surface area contributed by atoms with Crippen molar-refractivity contribution in [1.82, 2.24) is 0 Å². The molecule has 1 aromatic rings. The van der Waals surface area contributed by atoms with Gasteiger partial charge in [-0.3, -0.25) is 4.79 Å². The third kappa shape index (κ3) is 3.43. The van der Waals surface area contributed by atoms with E-state index in [1.807, 2.05) is 22.6 Å². The summed E-state index contributed by atoms with van der Waals surface area (Å²) in [6, 6.07) is 5.04. The number of esters is 1. The van der Waals surface area contributed by atoms with E-state index in [2.05, 4.69) is 0 Å². The average molecular weight is 457 g/mol. The number of nitrogens with zero attached hydrogens (tertiary/aromatic N) is 1. The van der Waals surface area contributed by atoms with Crippen molar-refractivity contribution in [2.45, 2.75) is 31.5 Å². The zero-order valence-corrected chi connectivity index (χ0v) is 15.8. The van der Waals surface area contributed by atoms with Gasteiger partial charge in [0.05, 0.1) is 25.8 Å². The van der Waals surface area contributed by atoms with Crippen LogP contribution in [0, 0.1) is 9.49 Å². The van der Waals surface area contributed by atoms with Crippen molar-refractivity contribution in [3.8, 4) is 5.75 Å². The second kappa shape index (κ2) is 6.97. The van der Waals surface area contributed by atoms with E-state index in [0.29, 0.717) is 11.4 Å². The number of piperidine rings is 1. The molecule has 4 nitrogen and oxygen atoms in total. The zero-order chi connectivity index (χ0) is 18.1. The summed E-state index contributed by atoms with van der Waals surface area (Å²) in [5.74, 6) is -0.752. The first-order valence-electron chi connectivity index (χ1n) is 7.39. The fourth-order valence-electron chi connectivity index (χ4n) is 3.00. The van der Waals surface area contributed by atoms with E-state index in [9.17, 15) is 18.0 Å². The van der Waals surface area contributed by atoms with E-state index in [0.717, 1.165) is 3.57 Å². The van der Waals surface area contributed by atoms with Crippen molar-refractivity contribution in [2.24, 2.45) is 5.92 Å². The molecule has 1 aliphatic rings. The van der Waals surface area contributed by atoms with Crippen molar-refractivity contribution in [2.75, 3.05) is 25.7 Å². The SMILES string of the molecule is COC(=O)C1CCC(C)(C(F)(F)F)N(c2cc(I)ccc2OC)C1. The summed E-state index contributed by atoms with van der Waals surface area (Å²) in [4.78, 5) is 13.1. The molecule has 1 fully saturated rings. The normalized spacial score (nSPS) is 24.6. The van der Waals surface area contributed by atoms with Crippen LogP contribution in [-0.4, -0.2) is 38.4 Å². The lowest BCUT2D eigenvalue weighted by Crippen LogP contribution is -2.62. The summed E-state index contributed by atoms with van der Waals surface area (Å²) < 4.78 is 52.2. The highest BCUT2D eigenvalue weighted by Gasteiger charge is 2.58. The van der Waals surface area contributed by atoms with Crippen LogP contribution in [0.15, 0.2) is 18.2 Å². The first-order valence-corrected chi connectivity index (χ1v) is 8.47. The maximum Gasteiger partial charge on any atom is 0.411 e. The predicted octanol–water partition coefficient (Wildman–Crippen LogP) is 4.01. The highest BCUT2D eigenvalue weighted by Crippen LogP contribution is 2.47. The largest absolute Gasteiger partial charge is 0.495 e. The minimum atomic E-state index is -4.44. The Bertz CT molecular complexity index is 623. The molecule has 0 radical (unpaired) electrons. The van der Waals surface area contributed by atoms with Gasteiger partial charge in [0.15, 0.2) is 0 Å². The second-order valence-corrected chi connectivity index (χ2v) is 7.20. The number of hydrogen-bond donors (Lipinski definition) is 0. The number of carbonyl (C=O) groups is 1. The molecule has 8 heteroatoms. The summed E-state index contributed by atoms with van der Waals surface area (Å²) in [6.45, 7) is 1.10. The minimum absolute atomic E-state index is 0.0703. The Kier molecular flexibility index (Phi) is 5.56. The Morgan fingerprint density at radius 1 is 1.38 bits per heavy atom. The van der Waals surface area contributed by atoms with Crippen LogP contribution in [-0.2, 0) is 9.53 Å². The molecule has 0 bridgehead atoms. The minimum Gasteiger partial charge on any atom is -0.495 e. The van der Waals surface area contributed by atoms with Crippen molar-refractivity contribution < 1.29 is 27.4 Å². The highest BCUT2D eigenvalue weighted by molar-refractivity contribution is 14.1. The number of benzene rings is 1. The number of rotatable bonds is 3. The maximum atomic E-state index is 13.8. The van der Waals surface area contributed by atoms with Crippen LogP contribution in [0.5, 0.6) is 5.75 Å². The van der Waals surface area contributed by atoms with Gasteiger partial charge in [-0.25, -0.2) is 0 Å². The van der Waals surface area contributed by atoms with E-state index in [-0.39, 0.29) is 19.4 Å². The van der Waals surface area contributed by atoms with Gasteiger partial charge in [0, 0.05) is 10.1 Å². The average Bonchev–Trinajstić information content (AvgIpc) is 2.53. The molecule has 1 saturated heterocycles. The Hall–Kier alpha value is -1.19. The molecule has 0 amide bonds. The van der Waals surface area contributed by atoms with Gasteiger partial charge in [-0.1, -0.05) is 0 Å². The van der Waals surface area contributed by atoms with Crippen LogP contribution in [0.3, 0.4) is 0 Å². The maximum absolute atomic E-state index is 13.8. The molecular weight excluding hydrogens is 438 g/mol. The topological polar surface area (TPSA) is 38.8 Å². The second-order valence-electron chi connectivity index (χ2n) is 5.96. The highest BCUT2D eigenvalue weighted by atomic mass is 127. The molecule has 2 rings (SSSR count). The smallest absolute Gasteiger partial charge is 0.411 e. The lowest BCUT2D eigenvalue weighted by atomic mass is 9.82. The van der Waals surface area contributed by atoms with Crippen molar-refractivity contribution in [3.63, 3.8) is 0 Å². The molecule has 0 aliphatic carbocycles. The summed E-state index contributed by atoms with van der Waals surface area (Å²) in [5.41, 5.74) is -1.74. The summed E-state index contributed by atoms with van der Waals surface area (Å²) in [7, 11) is 2.66. The number of methoxy groups -OCH3 is 2. The van der Waals surface area contributed by atoms with Crippen molar-refractivity contribution in [1.29, 1.82) is 0 Å². The first-order chi connectivity index (χ1) is 11.1. The van der Waals surface area contributed by atoms with Gasteiger partial charge in [0.1, 0.15) is 11.3 Å². The molecule has 1 aromatic carbocycles. The summed E-state index contributed by atoms with van der Waals surface area (Å²) in [6.07, 6.45) is -4.50. The molecule has 0 N–H and O–H groups in total. The van der Waals surface area contributed by atoms with Gasteiger partial charge in [-0.15, -0.1) is 0 Å². The van der Waals surface area contributed by atoms with Crippen LogP contribution in [0.1, 0.15) is 19.8 Å². The zero-order valence-electron chi connectivity index (χ0n) is 13.6. The molecule has 1 heterocycles. The van der Waals surface area contributed by atoms with E-state index < -0.39 is 23.6 Å². The number of carbonyl (C=O) groups excluding carboxylic acids is 1. The van der Waals surface area contributed by atoms with Gasteiger partial charge < -0.3 is 14.4 Å². The Morgan fingerprint density at radius 3 is 2.58 bits per heavy atom. The van der Waals surface area contributed by atoms with Gasteiger partial charge in [-0.05, 0) is 60.6 Å². The van der Waals surface area contributed by atoms with Gasteiger partial charge >= 0.3 is 12.1 Å². The van der Waals surface area contributed by atoms with E-state index in [4.69, 9.17) is 9.47 Å². The lowest BCUT2D eigenvalue weighted by Gasteiger charge is -2.49. The molecule has 24 heavy (non-hydrogen) atoms. The standard InChI is InChI=1S/C16H19F3INO3/c1-15(16(17,18)19)7-6-10(14(22)24-3)9-21(15)12-8-11(20)4-5-13(12)23-2/h4-5,8,10H,6-7,9H2,1-3H3. The quantitative estimate of drug-likeness (QED) is 0.508. The van der Waals surface area contributed by atoms with Crippen LogP contribution in [0.25, 0.3) is 0 Å². The number of hydrogen-bond acceptors (Lipinski definition) is 4. The van der Waals surface area contributed by atoms with Crippen molar-refractivity contribution >= 4 is 34.2 Å². The molecule has 134 valence electrons. The van der Waals surface area contributed by atoms with Crippen LogP contribution in [0.4, 0.5) is 18.9 Å².